The normalized spacial score (nSPS) is 10.3. The summed E-state index contributed by atoms with van der Waals surface area (Å²) in [6, 6.07) is 13.5. The van der Waals surface area contributed by atoms with Crippen LogP contribution < -0.4 is 4.74 Å². The van der Waals surface area contributed by atoms with Crippen LogP contribution in [0.1, 0.15) is 36.2 Å². The molecule has 0 N–H and O–H groups in total. The topological polar surface area (TPSA) is 26.3 Å². The number of hydrogen-bond donors (Lipinski definition) is 0. The Morgan fingerprint density at radius 3 is 2.40 bits per heavy atom. The van der Waals surface area contributed by atoms with E-state index < -0.39 is 0 Å². The summed E-state index contributed by atoms with van der Waals surface area (Å²) in [4.78, 5) is 11.3. The number of carbonyl (C=O) groups excluding carboxylic acids is 1. The fourth-order valence-corrected chi connectivity index (χ4v) is 2.40. The van der Waals surface area contributed by atoms with E-state index >= 15 is 0 Å². The van der Waals surface area contributed by atoms with Crippen molar-refractivity contribution in [2.45, 2.75) is 26.7 Å². The number of aryl methyl sites for hydroxylation is 1. The molecule has 104 valence electrons. The van der Waals surface area contributed by atoms with Crippen molar-refractivity contribution in [3.05, 3.63) is 58.1 Å². The molecule has 20 heavy (non-hydrogen) atoms. The van der Waals surface area contributed by atoms with E-state index in [1.807, 2.05) is 12.1 Å². The average Bonchev–Trinajstić information content (AvgIpc) is 2.43. The van der Waals surface area contributed by atoms with Crippen LogP contribution in [0.2, 0.25) is 0 Å². The quantitative estimate of drug-likeness (QED) is 0.685. The Balaban J connectivity index is 2.15. The minimum Gasteiger partial charge on any atom is -0.456 e. The number of ketones is 1. The first-order chi connectivity index (χ1) is 9.60. The molecule has 0 atom stereocenters. The second kappa shape index (κ2) is 6.71. The second-order valence-corrected chi connectivity index (χ2v) is 5.55. The predicted octanol–water partition coefficient (Wildman–Crippen LogP) is 5.40. The number of rotatable bonds is 5. The Labute approximate surface area is 127 Å². The largest absolute Gasteiger partial charge is 0.456 e. The van der Waals surface area contributed by atoms with Crippen LogP contribution in [0.25, 0.3) is 0 Å². The minimum absolute atomic E-state index is 0.0427. The summed E-state index contributed by atoms with van der Waals surface area (Å²) in [5.41, 5.74) is 1.98. The summed E-state index contributed by atoms with van der Waals surface area (Å²) in [5.74, 6) is 1.54. The Hall–Kier alpha value is -1.61. The molecule has 0 bridgehead atoms. The molecule has 0 amide bonds. The lowest BCUT2D eigenvalue weighted by atomic mass is 10.1. The fourth-order valence-electron chi connectivity index (χ4n) is 1.94. The molecule has 0 aliphatic heterocycles. The first kappa shape index (κ1) is 14.8. The molecule has 2 aromatic rings. The van der Waals surface area contributed by atoms with Crippen LogP contribution in [-0.4, -0.2) is 5.78 Å². The molecule has 0 aliphatic rings. The van der Waals surface area contributed by atoms with Crippen molar-refractivity contribution in [3.63, 3.8) is 0 Å². The number of ether oxygens (including phenoxy) is 1. The lowest BCUT2D eigenvalue weighted by molar-refractivity contribution is 0.101. The number of halogens is 1. The van der Waals surface area contributed by atoms with Crippen LogP contribution in [0.5, 0.6) is 11.5 Å². The van der Waals surface area contributed by atoms with Gasteiger partial charge in [-0.05, 0) is 65.2 Å². The summed E-state index contributed by atoms with van der Waals surface area (Å²) in [6.07, 6.45) is 2.22. The zero-order valence-electron chi connectivity index (χ0n) is 11.7. The number of carbonyl (C=O) groups is 1. The summed E-state index contributed by atoms with van der Waals surface area (Å²) < 4.78 is 6.60. The third-order valence-corrected chi connectivity index (χ3v) is 3.65. The van der Waals surface area contributed by atoms with E-state index in [0.29, 0.717) is 11.3 Å². The van der Waals surface area contributed by atoms with E-state index in [2.05, 4.69) is 35.0 Å². The van der Waals surface area contributed by atoms with E-state index in [0.717, 1.165) is 23.1 Å². The van der Waals surface area contributed by atoms with Gasteiger partial charge in [0.15, 0.2) is 5.78 Å². The lowest BCUT2D eigenvalue weighted by Crippen LogP contribution is -1.93. The summed E-state index contributed by atoms with van der Waals surface area (Å²) in [7, 11) is 0. The third kappa shape index (κ3) is 3.70. The van der Waals surface area contributed by atoms with E-state index in [9.17, 15) is 4.79 Å². The van der Waals surface area contributed by atoms with Gasteiger partial charge in [0.05, 0.1) is 4.47 Å². The highest BCUT2D eigenvalue weighted by atomic mass is 79.9. The Bertz CT molecular complexity index is 603. The van der Waals surface area contributed by atoms with Gasteiger partial charge in [-0.25, -0.2) is 0 Å². The highest BCUT2D eigenvalue weighted by molar-refractivity contribution is 9.10. The molecule has 2 rings (SSSR count). The standard InChI is InChI=1S/C17H17BrO2/c1-3-4-13-5-8-15(9-6-13)20-17-10-7-14(12(2)19)11-16(17)18/h5-11H,3-4H2,1-2H3. The number of Topliss-reactive ketones (excluding diaryl/α,β-unsaturated/α-hetero) is 1. The highest BCUT2D eigenvalue weighted by Gasteiger charge is 2.06. The Morgan fingerprint density at radius 1 is 1.15 bits per heavy atom. The molecule has 0 radical (unpaired) electrons. The van der Waals surface area contributed by atoms with Crippen molar-refractivity contribution in [1.29, 1.82) is 0 Å². The maximum atomic E-state index is 11.3. The van der Waals surface area contributed by atoms with E-state index in [1.54, 1.807) is 25.1 Å². The molecule has 0 saturated carbocycles. The van der Waals surface area contributed by atoms with Crippen LogP contribution in [0.15, 0.2) is 46.9 Å². The molecule has 0 unspecified atom stereocenters. The van der Waals surface area contributed by atoms with E-state index in [1.165, 1.54) is 5.56 Å². The van der Waals surface area contributed by atoms with Crippen molar-refractivity contribution in [2.75, 3.05) is 0 Å². The molecule has 0 aromatic heterocycles. The summed E-state index contributed by atoms with van der Waals surface area (Å²) in [6.45, 7) is 3.72. The van der Waals surface area contributed by atoms with Gasteiger partial charge < -0.3 is 4.74 Å². The van der Waals surface area contributed by atoms with E-state index in [-0.39, 0.29) is 5.78 Å². The molecular weight excluding hydrogens is 316 g/mol. The summed E-state index contributed by atoms with van der Waals surface area (Å²) in [5, 5.41) is 0. The Morgan fingerprint density at radius 2 is 1.85 bits per heavy atom. The van der Waals surface area contributed by atoms with Crippen LogP contribution in [0.3, 0.4) is 0 Å². The first-order valence-electron chi connectivity index (χ1n) is 6.67. The van der Waals surface area contributed by atoms with Gasteiger partial charge in [0.2, 0.25) is 0 Å². The molecule has 2 aromatic carbocycles. The lowest BCUT2D eigenvalue weighted by Gasteiger charge is -2.09. The van der Waals surface area contributed by atoms with Crippen molar-refractivity contribution >= 4 is 21.7 Å². The summed E-state index contributed by atoms with van der Waals surface area (Å²) >= 11 is 3.44. The van der Waals surface area contributed by atoms with Crippen LogP contribution >= 0.6 is 15.9 Å². The molecule has 0 saturated heterocycles. The second-order valence-electron chi connectivity index (χ2n) is 4.70. The van der Waals surface area contributed by atoms with Crippen LogP contribution in [-0.2, 0) is 6.42 Å². The zero-order chi connectivity index (χ0) is 14.5. The van der Waals surface area contributed by atoms with Crippen molar-refractivity contribution in [1.82, 2.24) is 0 Å². The number of hydrogen-bond acceptors (Lipinski definition) is 2. The van der Waals surface area contributed by atoms with Crippen molar-refractivity contribution in [2.24, 2.45) is 0 Å². The predicted molar refractivity (Wildman–Crippen MR) is 84.7 cm³/mol. The first-order valence-corrected chi connectivity index (χ1v) is 7.46. The van der Waals surface area contributed by atoms with Gasteiger partial charge in [0, 0.05) is 5.56 Å². The van der Waals surface area contributed by atoms with Gasteiger partial charge in [0.1, 0.15) is 11.5 Å². The molecule has 0 fully saturated rings. The molecule has 0 aliphatic carbocycles. The maximum absolute atomic E-state index is 11.3. The smallest absolute Gasteiger partial charge is 0.159 e. The monoisotopic (exact) mass is 332 g/mol. The van der Waals surface area contributed by atoms with Gasteiger partial charge in [-0.2, -0.15) is 0 Å². The molecular formula is C17H17BrO2. The third-order valence-electron chi connectivity index (χ3n) is 3.03. The van der Waals surface area contributed by atoms with Gasteiger partial charge >= 0.3 is 0 Å². The highest BCUT2D eigenvalue weighted by Crippen LogP contribution is 2.30. The SMILES string of the molecule is CCCc1ccc(Oc2ccc(C(C)=O)cc2Br)cc1. The molecule has 0 heterocycles. The van der Waals surface area contributed by atoms with Gasteiger partial charge in [-0.1, -0.05) is 25.5 Å². The minimum atomic E-state index is 0.0427. The Kier molecular flexibility index (Phi) is 4.96. The van der Waals surface area contributed by atoms with Gasteiger partial charge in [0.25, 0.3) is 0 Å². The average molecular weight is 333 g/mol. The number of benzene rings is 2. The fraction of sp³-hybridized carbons (Fsp3) is 0.235. The van der Waals surface area contributed by atoms with Crippen LogP contribution in [0, 0.1) is 0 Å². The van der Waals surface area contributed by atoms with Gasteiger partial charge in [-0.15, -0.1) is 0 Å². The van der Waals surface area contributed by atoms with Gasteiger partial charge in [-0.3, -0.25) is 4.79 Å². The molecule has 2 nitrogen and oxygen atoms in total. The van der Waals surface area contributed by atoms with Crippen LogP contribution in [0.4, 0.5) is 0 Å². The zero-order valence-corrected chi connectivity index (χ0v) is 13.2. The molecule has 3 heteroatoms. The van der Waals surface area contributed by atoms with Crippen molar-refractivity contribution < 1.29 is 9.53 Å². The van der Waals surface area contributed by atoms with E-state index in [4.69, 9.17) is 4.74 Å². The maximum Gasteiger partial charge on any atom is 0.159 e. The van der Waals surface area contributed by atoms with Crippen molar-refractivity contribution in [3.8, 4) is 11.5 Å². The molecule has 0 spiro atoms.